The molecule has 28 heavy (non-hydrogen) atoms. The third-order valence-corrected chi connectivity index (χ3v) is 5.81. The Labute approximate surface area is 167 Å². The van der Waals surface area contributed by atoms with Gasteiger partial charge in [-0.05, 0) is 55.2 Å². The van der Waals surface area contributed by atoms with Crippen LogP contribution in [0.25, 0.3) is 0 Å². The minimum atomic E-state index is -3.43. The summed E-state index contributed by atoms with van der Waals surface area (Å²) in [5.41, 5.74) is 3.57. The SMILES string of the molecule is COc1cccc(CNC(=O)CCCN(c2cccc(C)c2C)S(C)(=O)=O)c1. The Morgan fingerprint density at radius 3 is 2.54 bits per heavy atom. The van der Waals surface area contributed by atoms with Gasteiger partial charge in [-0.15, -0.1) is 0 Å². The summed E-state index contributed by atoms with van der Waals surface area (Å²) >= 11 is 0. The molecule has 1 N–H and O–H groups in total. The second-order valence-electron chi connectivity index (χ2n) is 6.79. The third-order valence-electron chi connectivity index (χ3n) is 4.63. The second-order valence-corrected chi connectivity index (χ2v) is 8.69. The van der Waals surface area contributed by atoms with Crippen molar-refractivity contribution in [1.29, 1.82) is 0 Å². The molecule has 2 aromatic rings. The van der Waals surface area contributed by atoms with E-state index in [-0.39, 0.29) is 18.9 Å². The molecular formula is C21H28N2O4S. The molecule has 0 aliphatic rings. The van der Waals surface area contributed by atoms with Crippen molar-refractivity contribution in [3.05, 3.63) is 59.2 Å². The number of amides is 1. The summed E-state index contributed by atoms with van der Waals surface area (Å²) in [6.07, 6.45) is 1.88. The number of hydrogen-bond acceptors (Lipinski definition) is 4. The van der Waals surface area contributed by atoms with Crippen LogP contribution in [0, 0.1) is 13.8 Å². The number of sulfonamides is 1. The van der Waals surface area contributed by atoms with Gasteiger partial charge in [0.2, 0.25) is 15.9 Å². The average Bonchev–Trinajstić information content (AvgIpc) is 2.65. The standard InChI is InChI=1S/C21H28N2O4S/c1-16-8-5-11-20(17(16)2)23(28(4,25)26)13-7-12-21(24)22-15-18-9-6-10-19(14-18)27-3/h5-6,8-11,14H,7,12-13,15H2,1-4H3,(H,22,24). The molecule has 6 nitrogen and oxygen atoms in total. The van der Waals surface area contributed by atoms with Crippen LogP contribution < -0.4 is 14.4 Å². The molecule has 2 rings (SSSR count). The highest BCUT2D eigenvalue weighted by Crippen LogP contribution is 2.25. The number of ether oxygens (including phenoxy) is 1. The summed E-state index contributed by atoms with van der Waals surface area (Å²) in [6, 6.07) is 13.1. The number of benzene rings is 2. The summed E-state index contributed by atoms with van der Waals surface area (Å²) in [5, 5.41) is 2.86. The van der Waals surface area contributed by atoms with Crippen molar-refractivity contribution in [2.75, 3.05) is 24.2 Å². The van der Waals surface area contributed by atoms with E-state index < -0.39 is 10.0 Å². The first-order chi connectivity index (χ1) is 13.2. The maximum Gasteiger partial charge on any atom is 0.232 e. The minimum Gasteiger partial charge on any atom is -0.497 e. The quantitative estimate of drug-likeness (QED) is 0.696. The fraction of sp³-hybridized carbons (Fsp3) is 0.381. The maximum atomic E-state index is 12.3. The number of hydrogen-bond donors (Lipinski definition) is 1. The predicted octanol–water partition coefficient (Wildman–Crippen LogP) is 3.17. The number of carbonyl (C=O) groups is 1. The van der Waals surface area contributed by atoms with Crippen LogP contribution in [0.2, 0.25) is 0 Å². The van der Waals surface area contributed by atoms with Gasteiger partial charge in [0.15, 0.2) is 0 Å². The highest BCUT2D eigenvalue weighted by Gasteiger charge is 2.19. The fourth-order valence-corrected chi connectivity index (χ4v) is 3.94. The van der Waals surface area contributed by atoms with Gasteiger partial charge in [0.05, 0.1) is 19.1 Å². The molecule has 0 heterocycles. The van der Waals surface area contributed by atoms with Crippen molar-refractivity contribution in [3.8, 4) is 5.75 Å². The van der Waals surface area contributed by atoms with Crippen molar-refractivity contribution in [3.63, 3.8) is 0 Å². The molecule has 0 aliphatic carbocycles. The molecule has 0 aliphatic heterocycles. The summed E-state index contributed by atoms with van der Waals surface area (Å²) in [5.74, 6) is 0.626. The van der Waals surface area contributed by atoms with E-state index in [1.54, 1.807) is 13.2 Å². The predicted molar refractivity (Wildman–Crippen MR) is 112 cm³/mol. The van der Waals surface area contributed by atoms with Crippen LogP contribution in [-0.2, 0) is 21.4 Å². The highest BCUT2D eigenvalue weighted by molar-refractivity contribution is 7.92. The zero-order valence-electron chi connectivity index (χ0n) is 16.9. The van der Waals surface area contributed by atoms with Gasteiger partial charge in [0.1, 0.15) is 5.75 Å². The molecule has 0 spiro atoms. The van der Waals surface area contributed by atoms with Crippen molar-refractivity contribution >= 4 is 21.6 Å². The maximum absolute atomic E-state index is 12.3. The van der Waals surface area contributed by atoms with Crippen LogP contribution in [0.15, 0.2) is 42.5 Å². The molecule has 0 atom stereocenters. The molecule has 0 unspecified atom stereocenters. The minimum absolute atomic E-state index is 0.114. The van der Waals surface area contributed by atoms with E-state index in [0.29, 0.717) is 18.7 Å². The first-order valence-corrected chi connectivity index (χ1v) is 11.0. The molecular weight excluding hydrogens is 376 g/mol. The van der Waals surface area contributed by atoms with Crippen LogP contribution in [0.5, 0.6) is 5.75 Å². The Morgan fingerprint density at radius 1 is 1.14 bits per heavy atom. The Bertz CT molecular complexity index is 926. The lowest BCUT2D eigenvalue weighted by molar-refractivity contribution is -0.121. The Balaban J connectivity index is 1.93. The normalized spacial score (nSPS) is 11.1. The van der Waals surface area contributed by atoms with Crippen molar-refractivity contribution in [2.24, 2.45) is 0 Å². The zero-order valence-corrected chi connectivity index (χ0v) is 17.7. The summed E-state index contributed by atoms with van der Waals surface area (Å²) in [7, 11) is -1.83. The van der Waals surface area contributed by atoms with Gasteiger partial charge in [-0.3, -0.25) is 9.10 Å². The van der Waals surface area contributed by atoms with E-state index in [4.69, 9.17) is 4.74 Å². The number of rotatable bonds is 9. The number of aryl methyl sites for hydroxylation is 1. The summed E-state index contributed by atoms with van der Waals surface area (Å²) in [6.45, 7) is 4.52. The fourth-order valence-electron chi connectivity index (χ4n) is 2.93. The van der Waals surface area contributed by atoms with E-state index in [2.05, 4.69) is 5.32 Å². The number of anilines is 1. The van der Waals surface area contributed by atoms with Gasteiger partial charge >= 0.3 is 0 Å². The van der Waals surface area contributed by atoms with Crippen LogP contribution in [0.1, 0.15) is 29.5 Å². The Hall–Kier alpha value is -2.54. The topological polar surface area (TPSA) is 75.7 Å². The molecule has 2 aromatic carbocycles. The van der Waals surface area contributed by atoms with Crippen molar-refractivity contribution in [2.45, 2.75) is 33.2 Å². The first-order valence-electron chi connectivity index (χ1n) is 9.16. The van der Waals surface area contributed by atoms with Gasteiger partial charge in [0.25, 0.3) is 0 Å². The van der Waals surface area contributed by atoms with Crippen LogP contribution >= 0.6 is 0 Å². The molecule has 0 saturated heterocycles. The lowest BCUT2D eigenvalue weighted by atomic mass is 10.1. The van der Waals surface area contributed by atoms with Crippen LogP contribution in [0.3, 0.4) is 0 Å². The van der Waals surface area contributed by atoms with Gasteiger partial charge in [-0.2, -0.15) is 0 Å². The number of nitrogens with one attached hydrogen (secondary N) is 1. The van der Waals surface area contributed by atoms with Gasteiger partial charge in [-0.1, -0.05) is 24.3 Å². The van der Waals surface area contributed by atoms with Crippen LogP contribution in [-0.4, -0.2) is 34.2 Å². The zero-order chi connectivity index (χ0) is 20.7. The summed E-state index contributed by atoms with van der Waals surface area (Å²) < 4.78 is 31.1. The van der Waals surface area contributed by atoms with Gasteiger partial charge in [-0.25, -0.2) is 8.42 Å². The second kappa shape index (κ2) is 9.59. The molecule has 0 radical (unpaired) electrons. The average molecular weight is 405 g/mol. The third kappa shape index (κ3) is 5.99. The first kappa shape index (κ1) is 21.8. The molecule has 1 amide bonds. The van der Waals surface area contributed by atoms with Gasteiger partial charge in [0, 0.05) is 19.5 Å². The Kier molecular flexibility index (Phi) is 7.45. The largest absolute Gasteiger partial charge is 0.497 e. The smallest absolute Gasteiger partial charge is 0.232 e. The number of methoxy groups -OCH3 is 1. The molecule has 152 valence electrons. The monoisotopic (exact) mass is 404 g/mol. The molecule has 0 aromatic heterocycles. The Morgan fingerprint density at radius 2 is 1.86 bits per heavy atom. The number of carbonyl (C=O) groups excluding carboxylic acids is 1. The molecule has 0 bridgehead atoms. The van der Waals surface area contributed by atoms with Crippen LogP contribution in [0.4, 0.5) is 5.69 Å². The van der Waals surface area contributed by atoms with Crippen molar-refractivity contribution < 1.29 is 17.9 Å². The van der Waals surface area contributed by atoms with E-state index in [9.17, 15) is 13.2 Å². The van der Waals surface area contributed by atoms with E-state index in [1.807, 2.05) is 50.2 Å². The van der Waals surface area contributed by atoms with Crippen molar-refractivity contribution in [1.82, 2.24) is 5.32 Å². The lowest BCUT2D eigenvalue weighted by Crippen LogP contribution is -2.32. The molecule has 0 fully saturated rings. The van der Waals surface area contributed by atoms with Gasteiger partial charge < -0.3 is 10.1 Å². The van der Waals surface area contributed by atoms with E-state index >= 15 is 0 Å². The van der Waals surface area contributed by atoms with E-state index in [0.717, 1.165) is 22.4 Å². The molecule has 0 saturated carbocycles. The number of nitrogens with zero attached hydrogens (tertiary/aromatic N) is 1. The summed E-state index contributed by atoms with van der Waals surface area (Å²) in [4.78, 5) is 12.1. The molecule has 7 heteroatoms. The highest BCUT2D eigenvalue weighted by atomic mass is 32.2. The lowest BCUT2D eigenvalue weighted by Gasteiger charge is -2.24. The van der Waals surface area contributed by atoms with E-state index in [1.165, 1.54) is 10.6 Å².